The van der Waals surface area contributed by atoms with E-state index >= 15 is 0 Å². The highest BCUT2D eigenvalue weighted by Crippen LogP contribution is 2.33. The molecule has 3 aromatic carbocycles. The predicted molar refractivity (Wildman–Crippen MR) is 133 cm³/mol. The minimum atomic E-state index is -3.84. The fourth-order valence-corrected chi connectivity index (χ4v) is 6.28. The van der Waals surface area contributed by atoms with Crippen molar-refractivity contribution in [2.75, 3.05) is 0 Å². The van der Waals surface area contributed by atoms with Gasteiger partial charge in [0.05, 0.1) is 15.9 Å². The molecule has 170 valence electrons. The van der Waals surface area contributed by atoms with E-state index in [0.717, 1.165) is 4.47 Å². The molecule has 1 heterocycles. The van der Waals surface area contributed by atoms with Crippen molar-refractivity contribution in [3.05, 3.63) is 88.7 Å². The van der Waals surface area contributed by atoms with E-state index in [1.165, 1.54) is 41.6 Å². The van der Waals surface area contributed by atoms with Crippen molar-refractivity contribution >= 4 is 37.0 Å². The Hall–Kier alpha value is -2.64. The molecule has 1 aliphatic rings. The number of aromatic nitrogens is 2. The molecular formula is C26H25BrN2O3S. The normalized spacial score (nSPS) is 15.1. The molecule has 0 radical (unpaired) electrons. The number of fused-ring (bicyclic) bond motifs is 1. The van der Waals surface area contributed by atoms with Crippen LogP contribution in [0.4, 0.5) is 0 Å². The van der Waals surface area contributed by atoms with Gasteiger partial charge in [0.1, 0.15) is 12.4 Å². The molecule has 7 heteroatoms. The Balaban J connectivity index is 1.49. The number of hydrogen-bond donors (Lipinski definition) is 0. The van der Waals surface area contributed by atoms with Gasteiger partial charge in [-0.2, -0.15) is 0 Å². The summed E-state index contributed by atoms with van der Waals surface area (Å²) in [7, 11) is -3.84. The molecule has 4 aromatic rings. The highest BCUT2D eigenvalue weighted by molar-refractivity contribution is 9.10. The third kappa shape index (κ3) is 4.57. The number of halogens is 1. The summed E-state index contributed by atoms with van der Waals surface area (Å²) in [6.45, 7) is 0.0374. The van der Waals surface area contributed by atoms with Gasteiger partial charge >= 0.3 is 0 Å². The summed E-state index contributed by atoms with van der Waals surface area (Å²) < 4.78 is 35.6. The summed E-state index contributed by atoms with van der Waals surface area (Å²) in [6, 6.07) is 22.1. The van der Waals surface area contributed by atoms with Gasteiger partial charge in [0.15, 0.2) is 5.82 Å². The van der Waals surface area contributed by atoms with Crippen LogP contribution in [-0.4, -0.2) is 17.4 Å². The quantitative estimate of drug-likeness (QED) is 0.282. The van der Waals surface area contributed by atoms with Crippen LogP contribution in [-0.2, 0) is 16.6 Å². The molecule has 0 bridgehead atoms. The van der Waals surface area contributed by atoms with Crippen LogP contribution in [0.2, 0.25) is 0 Å². The summed E-state index contributed by atoms with van der Waals surface area (Å²) >= 11 is 3.41. The standard InChI is InChI=1S/C26H25BrN2O3S/c27-21-12-14-22(15-13-21)32-18-26-28-24-8-4-5-9-25(24)29(26)33(30,31)23-16-10-20(11-17-23)19-6-2-1-3-7-19/h4-5,8-17,19H,1-3,6-7,18H2. The van der Waals surface area contributed by atoms with Crippen LogP contribution in [0, 0.1) is 0 Å². The summed E-state index contributed by atoms with van der Waals surface area (Å²) in [5.74, 6) is 1.51. The molecule has 0 saturated heterocycles. The van der Waals surface area contributed by atoms with E-state index < -0.39 is 10.0 Å². The first-order valence-electron chi connectivity index (χ1n) is 11.2. The Kier molecular flexibility index (Phi) is 6.25. The Morgan fingerprint density at radius 2 is 1.61 bits per heavy atom. The molecule has 0 amide bonds. The smallest absolute Gasteiger partial charge is 0.269 e. The van der Waals surface area contributed by atoms with Crippen molar-refractivity contribution in [2.24, 2.45) is 0 Å². The summed E-state index contributed by atoms with van der Waals surface area (Å²) in [6.07, 6.45) is 6.13. The van der Waals surface area contributed by atoms with Crippen molar-refractivity contribution in [3.63, 3.8) is 0 Å². The maximum atomic E-state index is 13.7. The Bertz CT molecular complexity index is 1360. The van der Waals surface area contributed by atoms with Crippen LogP contribution in [0.15, 0.2) is 82.2 Å². The van der Waals surface area contributed by atoms with E-state index in [0.29, 0.717) is 28.5 Å². The van der Waals surface area contributed by atoms with E-state index in [-0.39, 0.29) is 11.5 Å². The van der Waals surface area contributed by atoms with E-state index in [2.05, 4.69) is 20.9 Å². The number of nitrogens with zero attached hydrogens (tertiary/aromatic N) is 2. The van der Waals surface area contributed by atoms with E-state index in [1.54, 1.807) is 18.2 Å². The lowest BCUT2D eigenvalue weighted by Gasteiger charge is -2.22. The Morgan fingerprint density at radius 3 is 2.33 bits per heavy atom. The number of para-hydroxylation sites is 2. The maximum Gasteiger partial charge on any atom is 0.269 e. The van der Waals surface area contributed by atoms with Gasteiger partial charge in [-0.15, -0.1) is 0 Å². The van der Waals surface area contributed by atoms with Crippen LogP contribution in [0.25, 0.3) is 11.0 Å². The van der Waals surface area contributed by atoms with E-state index in [4.69, 9.17) is 4.74 Å². The molecule has 1 saturated carbocycles. The number of ether oxygens (including phenoxy) is 1. The lowest BCUT2D eigenvalue weighted by atomic mass is 9.84. The van der Waals surface area contributed by atoms with Crippen LogP contribution < -0.4 is 4.74 Å². The maximum absolute atomic E-state index is 13.7. The fraction of sp³-hybridized carbons (Fsp3) is 0.269. The Morgan fingerprint density at radius 1 is 0.909 bits per heavy atom. The largest absolute Gasteiger partial charge is 0.486 e. The van der Waals surface area contributed by atoms with Gasteiger partial charge in [0, 0.05) is 4.47 Å². The Labute approximate surface area is 202 Å². The fourth-order valence-electron chi connectivity index (χ4n) is 4.55. The zero-order valence-corrected chi connectivity index (χ0v) is 20.6. The first kappa shape index (κ1) is 22.2. The van der Waals surface area contributed by atoms with Crippen molar-refractivity contribution in [3.8, 4) is 5.75 Å². The molecule has 5 rings (SSSR count). The molecule has 0 N–H and O–H groups in total. The zero-order chi connectivity index (χ0) is 22.8. The predicted octanol–water partition coefficient (Wildman–Crippen LogP) is 6.66. The highest BCUT2D eigenvalue weighted by Gasteiger charge is 2.25. The second-order valence-corrected chi connectivity index (χ2v) is 11.1. The van der Waals surface area contributed by atoms with Crippen LogP contribution in [0.1, 0.15) is 49.4 Å². The van der Waals surface area contributed by atoms with Crippen molar-refractivity contribution in [1.82, 2.24) is 8.96 Å². The SMILES string of the molecule is O=S(=O)(c1ccc(C2CCCCC2)cc1)n1c(COc2ccc(Br)cc2)nc2ccccc21. The minimum Gasteiger partial charge on any atom is -0.486 e. The molecule has 0 aliphatic heterocycles. The van der Waals surface area contributed by atoms with E-state index in [9.17, 15) is 8.42 Å². The average Bonchev–Trinajstić information content (AvgIpc) is 3.24. The second kappa shape index (κ2) is 9.31. The van der Waals surface area contributed by atoms with Crippen LogP contribution in [0.5, 0.6) is 5.75 Å². The number of benzene rings is 3. The van der Waals surface area contributed by atoms with Gasteiger partial charge in [0.2, 0.25) is 0 Å². The number of rotatable bonds is 6. The summed E-state index contributed by atoms with van der Waals surface area (Å²) in [4.78, 5) is 4.84. The molecule has 1 aliphatic carbocycles. The van der Waals surface area contributed by atoms with E-state index in [1.807, 2.05) is 54.6 Å². The number of hydrogen-bond acceptors (Lipinski definition) is 4. The van der Waals surface area contributed by atoms with Gasteiger partial charge in [0.25, 0.3) is 10.0 Å². The lowest BCUT2D eigenvalue weighted by Crippen LogP contribution is -2.17. The molecule has 5 nitrogen and oxygen atoms in total. The molecule has 33 heavy (non-hydrogen) atoms. The molecular weight excluding hydrogens is 500 g/mol. The third-order valence-corrected chi connectivity index (χ3v) is 8.55. The summed E-state index contributed by atoms with van der Waals surface area (Å²) in [5, 5.41) is 0. The van der Waals surface area contributed by atoms with Crippen molar-refractivity contribution < 1.29 is 13.2 Å². The molecule has 1 aromatic heterocycles. The molecule has 0 spiro atoms. The summed E-state index contributed by atoms with van der Waals surface area (Å²) in [5.41, 5.74) is 2.39. The second-order valence-electron chi connectivity index (χ2n) is 8.43. The topological polar surface area (TPSA) is 61.2 Å². The van der Waals surface area contributed by atoms with Gasteiger partial charge in [-0.3, -0.25) is 0 Å². The average molecular weight is 525 g/mol. The highest BCUT2D eigenvalue weighted by atomic mass is 79.9. The minimum absolute atomic E-state index is 0.0374. The van der Waals surface area contributed by atoms with Gasteiger partial charge in [-0.1, -0.05) is 59.5 Å². The van der Waals surface area contributed by atoms with Crippen molar-refractivity contribution in [2.45, 2.75) is 49.5 Å². The lowest BCUT2D eigenvalue weighted by molar-refractivity contribution is 0.295. The zero-order valence-electron chi connectivity index (χ0n) is 18.2. The molecule has 0 atom stereocenters. The third-order valence-electron chi connectivity index (χ3n) is 6.26. The number of imidazole rings is 1. The van der Waals surface area contributed by atoms with Crippen LogP contribution in [0.3, 0.4) is 0 Å². The van der Waals surface area contributed by atoms with Crippen molar-refractivity contribution in [1.29, 1.82) is 0 Å². The monoisotopic (exact) mass is 524 g/mol. The molecule has 0 unspecified atom stereocenters. The molecule has 1 fully saturated rings. The van der Waals surface area contributed by atoms with Gasteiger partial charge in [-0.25, -0.2) is 17.4 Å². The van der Waals surface area contributed by atoms with Gasteiger partial charge in [-0.05, 0) is 72.9 Å². The first-order chi connectivity index (χ1) is 16.0. The van der Waals surface area contributed by atoms with Crippen LogP contribution >= 0.6 is 15.9 Å². The first-order valence-corrected chi connectivity index (χ1v) is 13.5. The van der Waals surface area contributed by atoms with Gasteiger partial charge < -0.3 is 4.74 Å².